The topological polar surface area (TPSA) is 25.2 Å². The lowest BCUT2D eigenvalue weighted by atomic mass is 10.1. The zero-order valence-corrected chi connectivity index (χ0v) is 12.5. The van der Waals surface area contributed by atoms with Crippen molar-refractivity contribution >= 4 is 11.3 Å². The van der Waals surface area contributed by atoms with Gasteiger partial charge < -0.3 is 9.73 Å². The summed E-state index contributed by atoms with van der Waals surface area (Å²) in [6.07, 6.45) is 1.67. The third-order valence-electron chi connectivity index (χ3n) is 3.40. The molecule has 2 nitrogen and oxygen atoms in total. The van der Waals surface area contributed by atoms with Crippen molar-refractivity contribution in [1.82, 2.24) is 5.32 Å². The third-order valence-corrected chi connectivity index (χ3v) is 4.30. The van der Waals surface area contributed by atoms with Crippen LogP contribution in [0.5, 0.6) is 0 Å². The van der Waals surface area contributed by atoms with Crippen LogP contribution in [0.25, 0.3) is 10.4 Å². The van der Waals surface area contributed by atoms with Crippen LogP contribution in [0.3, 0.4) is 0 Å². The van der Waals surface area contributed by atoms with Crippen LogP contribution in [0.15, 0.2) is 58.5 Å². The summed E-state index contributed by atoms with van der Waals surface area (Å²) < 4.78 is 19.3. The molecule has 0 saturated heterocycles. The first kappa shape index (κ1) is 14.0. The molecule has 1 atom stereocenters. The fourth-order valence-electron chi connectivity index (χ4n) is 2.21. The Hall–Kier alpha value is -1.91. The van der Waals surface area contributed by atoms with Gasteiger partial charge in [0.05, 0.1) is 12.3 Å². The van der Waals surface area contributed by atoms with Gasteiger partial charge in [0.2, 0.25) is 0 Å². The molecule has 0 aliphatic carbocycles. The number of hydrogen-bond acceptors (Lipinski definition) is 3. The Labute approximate surface area is 127 Å². The summed E-state index contributed by atoms with van der Waals surface area (Å²) in [4.78, 5) is 0.952. The van der Waals surface area contributed by atoms with Gasteiger partial charge in [-0.1, -0.05) is 12.1 Å². The zero-order valence-electron chi connectivity index (χ0n) is 11.7. The maximum atomic E-state index is 13.9. The van der Waals surface area contributed by atoms with E-state index in [2.05, 4.69) is 5.32 Å². The molecule has 0 bridgehead atoms. The lowest BCUT2D eigenvalue weighted by Crippen LogP contribution is -2.17. The van der Waals surface area contributed by atoms with Crippen molar-refractivity contribution in [2.45, 2.75) is 19.5 Å². The first-order chi connectivity index (χ1) is 10.2. The number of nitrogens with one attached hydrogen (secondary N) is 1. The van der Waals surface area contributed by atoms with Crippen LogP contribution in [0, 0.1) is 5.82 Å². The highest BCUT2D eigenvalue weighted by molar-refractivity contribution is 7.13. The molecule has 0 aliphatic rings. The van der Waals surface area contributed by atoms with E-state index in [1.807, 2.05) is 48.7 Å². The van der Waals surface area contributed by atoms with Gasteiger partial charge in [-0.05, 0) is 48.2 Å². The number of rotatable bonds is 5. The van der Waals surface area contributed by atoms with Crippen LogP contribution >= 0.6 is 11.3 Å². The van der Waals surface area contributed by atoms with Crippen LogP contribution in [0.2, 0.25) is 0 Å². The van der Waals surface area contributed by atoms with Gasteiger partial charge in [-0.15, -0.1) is 11.3 Å². The summed E-state index contributed by atoms with van der Waals surface area (Å²) in [6.45, 7) is 2.71. The summed E-state index contributed by atoms with van der Waals surface area (Å²) in [5.41, 5.74) is 1.72. The first-order valence-corrected chi connectivity index (χ1v) is 7.71. The van der Waals surface area contributed by atoms with E-state index in [0.717, 1.165) is 16.2 Å². The van der Waals surface area contributed by atoms with E-state index >= 15 is 0 Å². The Balaban J connectivity index is 1.73. The van der Waals surface area contributed by atoms with E-state index < -0.39 is 0 Å². The Kier molecular flexibility index (Phi) is 4.18. The molecule has 4 heteroatoms. The quantitative estimate of drug-likeness (QED) is 0.717. The average molecular weight is 301 g/mol. The number of benzene rings is 1. The van der Waals surface area contributed by atoms with E-state index in [0.29, 0.717) is 12.1 Å². The fraction of sp³-hybridized carbons (Fsp3) is 0.176. The van der Waals surface area contributed by atoms with Crippen molar-refractivity contribution in [2.24, 2.45) is 0 Å². The van der Waals surface area contributed by atoms with E-state index in [9.17, 15) is 4.39 Å². The van der Waals surface area contributed by atoms with Crippen molar-refractivity contribution in [2.75, 3.05) is 0 Å². The Bertz CT molecular complexity index is 692. The minimum absolute atomic E-state index is 0.121. The van der Waals surface area contributed by atoms with Crippen molar-refractivity contribution in [1.29, 1.82) is 0 Å². The van der Waals surface area contributed by atoms with E-state index in [1.54, 1.807) is 17.6 Å². The normalized spacial score (nSPS) is 12.5. The molecular formula is C17H16FNOS. The lowest BCUT2D eigenvalue weighted by Gasteiger charge is -2.12. The summed E-state index contributed by atoms with van der Waals surface area (Å²) in [5, 5.41) is 5.34. The second kappa shape index (κ2) is 6.24. The molecule has 108 valence electrons. The van der Waals surface area contributed by atoms with Gasteiger partial charge in [0.25, 0.3) is 0 Å². The molecule has 2 aromatic heterocycles. The molecule has 0 saturated carbocycles. The molecule has 0 spiro atoms. The van der Waals surface area contributed by atoms with Gasteiger partial charge in [0, 0.05) is 17.0 Å². The predicted molar refractivity (Wildman–Crippen MR) is 83.7 cm³/mol. The molecule has 0 unspecified atom stereocenters. The van der Waals surface area contributed by atoms with E-state index in [4.69, 9.17) is 4.42 Å². The predicted octanol–water partition coefficient (Wildman–Crippen LogP) is 5.00. The maximum absolute atomic E-state index is 13.9. The number of hydrogen-bond donors (Lipinski definition) is 1. The molecule has 0 aliphatic heterocycles. The molecule has 21 heavy (non-hydrogen) atoms. The molecule has 1 N–H and O–H groups in total. The molecular weight excluding hydrogens is 285 g/mol. The van der Waals surface area contributed by atoms with Crippen LogP contribution in [-0.4, -0.2) is 0 Å². The Morgan fingerprint density at radius 2 is 2.14 bits per heavy atom. The highest BCUT2D eigenvalue weighted by atomic mass is 32.1. The number of halogens is 1. The first-order valence-electron chi connectivity index (χ1n) is 6.83. The zero-order chi connectivity index (χ0) is 14.7. The van der Waals surface area contributed by atoms with Gasteiger partial charge in [0.15, 0.2) is 0 Å². The van der Waals surface area contributed by atoms with Gasteiger partial charge in [-0.3, -0.25) is 0 Å². The minimum atomic E-state index is -0.180. The van der Waals surface area contributed by atoms with E-state index in [1.165, 1.54) is 6.07 Å². The standard InChI is InChI=1S/C17H16FNOS/c1-12(16-4-2-8-20-16)19-11-13-6-7-15(18)14(10-13)17-5-3-9-21-17/h2-10,12,19H,11H2,1H3/t12-/m0/s1. The van der Waals surface area contributed by atoms with Crippen LogP contribution < -0.4 is 5.32 Å². The molecule has 0 radical (unpaired) electrons. The van der Waals surface area contributed by atoms with Crippen molar-refractivity contribution in [3.63, 3.8) is 0 Å². The minimum Gasteiger partial charge on any atom is -0.468 e. The highest BCUT2D eigenvalue weighted by Crippen LogP contribution is 2.28. The Morgan fingerprint density at radius 1 is 1.24 bits per heavy atom. The number of thiophene rings is 1. The fourth-order valence-corrected chi connectivity index (χ4v) is 2.96. The largest absolute Gasteiger partial charge is 0.468 e. The highest BCUT2D eigenvalue weighted by Gasteiger charge is 2.10. The Morgan fingerprint density at radius 3 is 2.86 bits per heavy atom. The molecule has 0 fully saturated rings. The van der Waals surface area contributed by atoms with Crippen molar-refractivity contribution < 1.29 is 8.81 Å². The van der Waals surface area contributed by atoms with Gasteiger partial charge in [-0.2, -0.15) is 0 Å². The second-order valence-corrected chi connectivity index (χ2v) is 5.86. The van der Waals surface area contributed by atoms with Crippen LogP contribution in [0.1, 0.15) is 24.3 Å². The number of furan rings is 1. The second-order valence-electron chi connectivity index (χ2n) is 4.91. The third kappa shape index (κ3) is 3.23. The molecule has 3 aromatic rings. The van der Waals surface area contributed by atoms with Gasteiger partial charge >= 0.3 is 0 Å². The molecule has 3 rings (SSSR count). The monoisotopic (exact) mass is 301 g/mol. The molecule has 1 aromatic carbocycles. The van der Waals surface area contributed by atoms with Crippen molar-refractivity contribution in [3.05, 3.63) is 71.2 Å². The SMILES string of the molecule is C[C@H](NCc1ccc(F)c(-c2cccs2)c1)c1ccco1. The van der Waals surface area contributed by atoms with Crippen LogP contribution in [0.4, 0.5) is 4.39 Å². The average Bonchev–Trinajstić information content (AvgIpc) is 3.19. The maximum Gasteiger partial charge on any atom is 0.131 e. The van der Waals surface area contributed by atoms with Gasteiger partial charge in [0.1, 0.15) is 11.6 Å². The molecule has 0 amide bonds. The smallest absolute Gasteiger partial charge is 0.131 e. The summed E-state index contributed by atoms with van der Waals surface area (Å²) in [5.74, 6) is 0.718. The van der Waals surface area contributed by atoms with Crippen molar-refractivity contribution in [3.8, 4) is 10.4 Å². The molecule has 2 heterocycles. The lowest BCUT2D eigenvalue weighted by molar-refractivity contribution is 0.430. The summed E-state index contributed by atoms with van der Waals surface area (Å²) in [6, 6.07) is 13.1. The van der Waals surface area contributed by atoms with E-state index in [-0.39, 0.29) is 11.9 Å². The summed E-state index contributed by atoms with van der Waals surface area (Å²) in [7, 11) is 0. The van der Waals surface area contributed by atoms with Crippen LogP contribution in [-0.2, 0) is 6.54 Å². The van der Waals surface area contributed by atoms with Gasteiger partial charge in [-0.25, -0.2) is 4.39 Å². The summed E-state index contributed by atoms with van der Waals surface area (Å²) >= 11 is 1.55.